The molecule has 0 fully saturated rings. The van der Waals surface area contributed by atoms with Crippen molar-refractivity contribution in [1.29, 1.82) is 0 Å². The minimum Gasteiger partial charge on any atom is -0.445 e. The number of primary amides is 1. The third-order valence-corrected chi connectivity index (χ3v) is 2.99. The van der Waals surface area contributed by atoms with Gasteiger partial charge in [0.2, 0.25) is 5.91 Å². The molecule has 1 rings (SSSR count). The van der Waals surface area contributed by atoms with Crippen molar-refractivity contribution < 1.29 is 19.4 Å². The summed E-state index contributed by atoms with van der Waals surface area (Å²) in [6.45, 7) is 0.183. The molecule has 11 nitrogen and oxygen atoms in total. The van der Waals surface area contributed by atoms with E-state index in [-0.39, 0.29) is 25.5 Å². The lowest BCUT2D eigenvalue weighted by Crippen LogP contribution is -2.44. The summed E-state index contributed by atoms with van der Waals surface area (Å²) in [7, 11) is 0. The number of aliphatic imine (C=N–C) groups is 1. The number of benzene rings is 1. The van der Waals surface area contributed by atoms with Crippen molar-refractivity contribution in [2.45, 2.75) is 25.5 Å². The highest BCUT2D eigenvalue weighted by Crippen LogP contribution is 2.02. The van der Waals surface area contributed by atoms with E-state index >= 15 is 0 Å². The molecule has 1 aromatic carbocycles. The van der Waals surface area contributed by atoms with E-state index in [9.17, 15) is 19.7 Å². The van der Waals surface area contributed by atoms with Crippen LogP contribution in [0.2, 0.25) is 0 Å². The second kappa shape index (κ2) is 10.4. The molecule has 0 aliphatic heterocycles. The van der Waals surface area contributed by atoms with Crippen LogP contribution < -0.4 is 22.2 Å². The van der Waals surface area contributed by atoms with Gasteiger partial charge in [0.1, 0.15) is 12.6 Å². The number of guanidine groups is 1. The Morgan fingerprint density at radius 1 is 1.28 bits per heavy atom. The molecule has 0 spiro atoms. The van der Waals surface area contributed by atoms with Crippen molar-refractivity contribution in [3.05, 3.63) is 46.0 Å². The molecular weight excluding hydrogens is 332 g/mol. The van der Waals surface area contributed by atoms with E-state index in [2.05, 4.69) is 10.3 Å². The summed E-state index contributed by atoms with van der Waals surface area (Å²) in [4.78, 5) is 36.9. The number of hydrogen-bond acceptors (Lipinski definition) is 6. The predicted octanol–water partition coefficient (Wildman–Crippen LogP) is -0.357. The molecule has 0 unspecified atom stereocenters. The van der Waals surface area contributed by atoms with Gasteiger partial charge in [-0.3, -0.25) is 4.79 Å². The van der Waals surface area contributed by atoms with E-state index in [0.717, 1.165) is 5.56 Å². The number of nitrogens with one attached hydrogen (secondary N) is 2. The highest BCUT2D eigenvalue weighted by atomic mass is 16.7. The van der Waals surface area contributed by atoms with Gasteiger partial charge in [-0.25, -0.2) is 19.9 Å². The molecule has 136 valence electrons. The highest BCUT2D eigenvalue weighted by Gasteiger charge is 2.18. The number of hydrazine groups is 1. The number of nitro groups is 1. The van der Waals surface area contributed by atoms with E-state index in [1.54, 1.807) is 17.6 Å². The van der Waals surface area contributed by atoms with Gasteiger partial charge in [0.15, 0.2) is 5.03 Å². The Kier molecular flexibility index (Phi) is 8.20. The monoisotopic (exact) mass is 352 g/mol. The summed E-state index contributed by atoms with van der Waals surface area (Å²) in [6, 6.07) is 8.10. The van der Waals surface area contributed by atoms with Crippen molar-refractivity contribution in [3.8, 4) is 0 Å². The summed E-state index contributed by atoms with van der Waals surface area (Å²) < 4.78 is 5.01. The normalized spacial score (nSPS) is 12.1. The third-order valence-electron chi connectivity index (χ3n) is 2.99. The molecule has 6 N–H and O–H groups in total. The Bertz CT molecular complexity index is 621. The van der Waals surface area contributed by atoms with Gasteiger partial charge in [-0.2, -0.15) is 0 Å². The molecular formula is C14H20N6O5. The second-order valence-corrected chi connectivity index (χ2v) is 4.94. The Labute approximate surface area is 143 Å². The van der Waals surface area contributed by atoms with Gasteiger partial charge in [0.25, 0.3) is 5.96 Å². The van der Waals surface area contributed by atoms with Gasteiger partial charge in [-0.05, 0) is 18.4 Å². The molecule has 11 heteroatoms. The Balaban J connectivity index is 2.37. The van der Waals surface area contributed by atoms with Crippen molar-refractivity contribution in [1.82, 2.24) is 10.7 Å². The summed E-state index contributed by atoms with van der Waals surface area (Å²) in [5.41, 5.74) is 13.0. The van der Waals surface area contributed by atoms with E-state index in [1.165, 1.54) is 0 Å². The number of ether oxygens (including phenoxy) is 1. The van der Waals surface area contributed by atoms with Crippen molar-refractivity contribution in [2.24, 2.45) is 16.5 Å². The average molecular weight is 352 g/mol. The zero-order valence-electron chi connectivity index (χ0n) is 13.4. The first-order valence-corrected chi connectivity index (χ1v) is 7.36. The predicted molar refractivity (Wildman–Crippen MR) is 88.6 cm³/mol. The zero-order valence-corrected chi connectivity index (χ0v) is 13.4. The number of carbonyl (C=O) groups is 2. The average Bonchev–Trinajstić information content (AvgIpc) is 2.55. The summed E-state index contributed by atoms with van der Waals surface area (Å²) in [5, 5.41) is 11.7. The Morgan fingerprint density at radius 3 is 2.56 bits per heavy atom. The lowest BCUT2D eigenvalue weighted by Gasteiger charge is -2.15. The number of carbonyl (C=O) groups excluding carboxylic acids is 2. The SMILES string of the molecule is NC(=O)[C@H](CCCN=C(N)N[N+](=O)[O-])NC(=O)OCc1ccccc1. The molecule has 0 aliphatic rings. The van der Waals surface area contributed by atoms with Crippen LogP contribution in [0, 0.1) is 10.1 Å². The standard InChI is InChI=1S/C14H20N6O5/c15-12(21)11(7-4-8-17-13(16)19-20(23)24)18-14(22)25-9-10-5-2-1-3-6-10/h1-3,5-6,11H,4,7-9H2,(H2,15,21)(H,18,22)(H3,16,17,19)/t11-/m0/s1. The van der Waals surface area contributed by atoms with Gasteiger partial charge in [-0.15, -0.1) is 0 Å². The molecule has 0 aromatic heterocycles. The number of hydrogen-bond donors (Lipinski definition) is 4. The van der Waals surface area contributed by atoms with Crippen LogP contribution in [0.1, 0.15) is 18.4 Å². The molecule has 0 saturated carbocycles. The lowest BCUT2D eigenvalue weighted by molar-refractivity contribution is -0.525. The molecule has 1 atom stereocenters. The van der Waals surface area contributed by atoms with Crippen LogP contribution >= 0.6 is 0 Å². The quantitative estimate of drug-likeness (QED) is 0.154. The number of alkyl carbamates (subject to hydrolysis) is 1. The van der Waals surface area contributed by atoms with Crippen LogP contribution in [-0.2, 0) is 16.1 Å². The fourth-order valence-corrected chi connectivity index (χ4v) is 1.82. The smallest absolute Gasteiger partial charge is 0.408 e. The van der Waals surface area contributed by atoms with Crippen LogP contribution in [0.4, 0.5) is 4.79 Å². The largest absolute Gasteiger partial charge is 0.445 e. The minimum absolute atomic E-state index is 0.0611. The van der Waals surface area contributed by atoms with Gasteiger partial charge in [0.05, 0.1) is 0 Å². The van der Waals surface area contributed by atoms with Crippen LogP contribution in [0.15, 0.2) is 35.3 Å². The van der Waals surface area contributed by atoms with Crippen LogP contribution in [0.5, 0.6) is 0 Å². The topological polar surface area (TPSA) is 175 Å². The molecule has 1 aromatic rings. The summed E-state index contributed by atoms with van der Waals surface area (Å²) >= 11 is 0. The van der Waals surface area contributed by atoms with Crippen LogP contribution in [-0.4, -0.2) is 35.6 Å². The minimum atomic E-state index is -0.942. The summed E-state index contributed by atoms with van der Waals surface area (Å²) in [5.74, 6) is -1.08. The van der Waals surface area contributed by atoms with E-state index in [4.69, 9.17) is 16.2 Å². The fourth-order valence-electron chi connectivity index (χ4n) is 1.82. The van der Waals surface area contributed by atoms with E-state index in [0.29, 0.717) is 6.42 Å². The molecule has 0 saturated heterocycles. The number of rotatable bonds is 9. The first-order chi connectivity index (χ1) is 11.9. The maximum Gasteiger partial charge on any atom is 0.408 e. The van der Waals surface area contributed by atoms with E-state index in [1.807, 2.05) is 18.2 Å². The molecule has 0 heterocycles. The van der Waals surface area contributed by atoms with Crippen LogP contribution in [0.3, 0.4) is 0 Å². The molecule has 0 bridgehead atoms. The molecule has 25 heavy (non-hydrogen) atoms. The van der Waals surface area contributed by atoms with Gasteiger partial charge < -0.3 is 21.5 Å². The highest BCUT2D eigenvalue weighted by molar-refractivity contribution is 5.84. The van der Waals surface area contributed by atoms with Gasteiger partial charge in [-0.1, -0.05) is 35.8 Å². The second-order valence-electron chi connectivity index (χ2n) is 4.94. The summed E-state index contributed by atoms with van der Waals surface area (Å²) in [6.07, 6.45) is -0.261. The van der Waals surface area contributed by atoms with Gasteiger partial charge in [0, 0.05) is 6.54 Å². The Hall–Kier alpha value is -3.37. The first kappa shape index (κ1) is 19.7. The fraction of sp³-hybridized carbons (Fsp3) is 0.357. The lowest BCUT2D eigenvalue weighted by atomic mass is 10.1. The van der Waals surface area contributed by atoms with Crippen LogP contribution in [0.25, 0.3) is 0 Å². The zero-order chi connectivity index (χ0) is 18.7. The van der Waals surface area contributed by atoms with Crippen molar-refractivity contribution in [3.63, 3.8) is 0 Å². The third kappa shape index (κ3) is 8.74. The maximum atomic E-state index is 11.7. The number of nitrogens with zero attached hydrogens (tertiary/aromatic N) is 2. The molecule has 0 radical (unpaired) electrons. The Morgan fingerprint density at radius 2 is 1.96 bits per heavy atom. The molecule has 2 amide bonds. The number of nitrogens with two attached hydrogens (primary N) is 2. The molecule has 0 aliphatic carbocycles. The van der Waals surface area contributed by atoms with Crippen molar-refractivity contribution >= 4 is 18.0 Å². The number of amides is 2. The first-order valence-electron chi connectivity index (χ1n) is 7.36. The van der Waals surface area contributed by atoms with Gasteiger partial charge >= 0.3 is 6.09 Å². The van der Waals surface area contributed by atoms with Crippen molar-refractivity contribution in [2.75, 3.05) is 6.54 Å². The maximum absolute atomic E-state index is 11.7. The van der Waals surface area contributed by atoms with E-state index < -0.39 is 23.1 Å².